The Bertz CT molecular complexity index is 1220. The number of amides is 3. The van der Waals surface area contributed by atoms with Gasteiger partial charge in [0.2, 0.25) is 15.9 Å². The SMILES string of the molecule is C[C@@H]1CN([C@H](C)CO)C(=O)Cc2cc(NC(=O)Nc3ccc(F)cc3)ccc2O[C@@H]1CN(C)S(C)(=O)=O. The summed E-state index contributed by atoms with van der Waals surface area (Å²) in [6, 6.07) is 9.16. The van der Waals surface area contributed by atoms with Crippen molar-refractivity contribution in [2.75, 3.05) is 43.6 Å². The van der Waals surface area contributed by atoms with Gasteiger partial charge in [0, 0.05) is 36.4 Å². The molecule has 0 fully saturated rings. The zero-order chi connectivity index (χ0) is 27.3. The van der Waals surface area contributed by atoms with Gasteiger partial charge in [0.25, 0.3) is 0 Å². The maximum atomic E-state index is 13.2. The van der Waals surface area contributed by atoms with Crippen LogP contribution in [0.2, 0.25) is 0 Å². The van der Waals surface area contributed by atoms with E-state index in [0.29, 0.717) is 22.7 Å². The number of anilines is 2. The van der Waals surface area contributed by atoms with Crippen molar-refractivity contribution in [1.82, 2.24) is 9.21 Å². The molecule has 1 aliphatic rings. The van der Waals surface area contributed by atoms with Gasteiger partial charge in [0.15, 0.2) is 0 Å². The Hall–Kier alpha value is -3.22. The number of rotatable bonds is 7. The Labute approximate surface area is 216 Å². The summed E-state index contributed by atoms with van der Waals surface area (Å²) >= 11 is 0. The van der Waals surface area contributed by atoms with E-state index >= 15 is 0 Å². The van der Waals surface area contributed by atoms with Gasteiger partial charge in [-0.2, -0.15) is 0 Å². The van der Waals surface area contributed by atoms with E-state index < -0.39 is 34.0 Å². The minimum atomic E-state index is -3.47. The quantitative estimate of drug-likeness (QED) is 0.499. The van der Waals surface area contributed by atoms with Gasteiger partial charge in [-0.1, -0.05) is 6.92 Å². The topological polar surface area (TPSA) is 128 Å². The number of carbonyl (C=O) groups excluding carboxylic acids is 2. The van der Waals surface area contributed by atoms with Crippen LogP contribution in [-0.4, -0.2) is 79.8 Å². The molecule has 202 valence electrons. The summed E-state index contributed by atoms with van der Waals surface area (Å²) in [7, 11) is -2.01. The zero-order valence-corrected chi connectivity index (χ0v) is 22.1. The van der Waals surface area contributed by atoms with Gasteiger partial charge < -0.3 is 25.4 Å². The normalized spacial score (nSPS) is 19.2. The standard InChI is InChI=1S/C25H33FN4O6S/c1-16-13-30(17(2)15-31)24(32)12-18-11-21(28-25(33)27-20-7-5-19(26)6-8-20)9-10-22(18)36-23(16)14-29(3)37(4,34)35/h5-11,16-17,23,31H,12-15H2,1-4H3,(H2,27,28,33)/t16-,17-,23-/m1/s1. The van der Waals surface area contributed by atoms with E-state index in [-0.39, 0.29) is 37.9 Å². The fraction of sp³-hybridized carbons (Fsp3) is 0.440. The van der Waals surface area contributed by atoms with Crippen molar-refractivity contribution in [3.63, 3.8) is 0 Å². The van der Waals surface area contributed by atoms with Crippen molar-refractivity contribution < 1.29 is 32.2 Å². The zero-order valence-electron chi connectivity index (χ0n) is 21.3. The monoisotopic (exact) mass is 536 g/mol. The number of aliphatic hydroxyl groups excluding tert-OH is 1. The molecular weight excluding hydrogens is 503 g/mol. The van der Waals surface area contributed by atoms with Crippen LogP contribution in [0.1, 0.15) is 19.4 Å². The minimum absolute atomic E-state index is 0.0455. The van der Waals surface area contributed by atoms with Gasteiger partial charge in [0.05, 0.1) is 31.9 Å². The second kappa shape index (κ2) is 11.9. The number of hydrogen-bond donors (Lipinski definition) is 3. The Morgan fingerprint density at radius 1 is 1.22 bits per heavy atom. The number of likely N-dealkylation sites (N-methyl/N-ethyl adjacent to an activating group) is 1. The third-order valence-electron chi connectivity index (χ3n) is 6.28. The highest BCUT2D eigenvalue weighted by atomic mass is 32.2. The third-order valence-corrected chi connectivity index (χ3v) is 7.56. The molecule has 0 spiro atoms. The summed E-state index contributed by atoms with van der Waals surface area (Å²) < 4.78 is 44.7. The second-order valence-corrected chi connectivity index (χ2v) is 11.4. The fourth-order valence-corrected chi connectivity index (χ4v) is 4.36. The van der Waals surface area contributed by atoms with Crippen molar-refractivity contribution >= 4 is 33.3 Å². The first-order chi connectivity index (χ1) is 17.4. The molecule has 0 aliphatic carbocycles. The van der Waals surface area contributed by atoms with E-state index in [1.807, 2.05) is 6.92 Å². The average Bonchev–Trinajstić information content (AvgIpc) is 2.87. The number of benzene rings is 2. The van der Waals surface area contributed by atoms with Gasteiger partial charge in [0.1, 0.15) is 17.7 Å². The molecule has 3 atom stereocenters. The molecule has 10 nitrogen and oxygen atoms in total. The van der Waals surface area contributed by atoms with Crippen LogP contribution in [-0.2, 0) is 21.2 Å². The van der Waals surface area contributed by atoms with Crippen LogP contribution < -0.4 is 15.4 Å². The lowest BCUT2D eigenvalue weighted by atomic mass is 10.0. The summed E-state index contributed by atoms with van der Waals surface area (Å²) in [6.07, 6.45) is 0.480. The van der Waals surface area contributed by atoms with Gasteiger partial charge in [-0.25, -0.2) is 21.9 Å². The van der Waals surface area contributed by atoms with Gasteiger partial charge in [-0.15, -0.1) is 0 Å². The van der Waals surface area contributed by atoms with Gasteiger partial charge in [-0.05, 0) is 49.4 Å². The summed E-state index contributed by atoms with van der Waals surface area (Å²) in [5.41, 5.74) is 1.30. The first kappa shape index (κ1) is 28.4. The highest BCUT2D eigenvalue weighted by Crippen LogP contribution is 2.29. The van der Waals surface area contributed by atoms with Crippen LogP contribution in [0.4, 0.5) is 20.6 Å². The van der Waals surface area contributed by atoms with Crippen LogP contribution in [0, 0.1) is 11.7 Å². The molecule has 2 aromatic carbocycles. The summed E-state index contributed by atoms with van der Waals surface area (Å²) in [5.74, 6) is -0.515. The number of nitrogens with one attached hydrogen (secondary N) is 2. The number of fused-ring (bicyclic) bond motifs is 1. The summed E-state index contributed by atoms with van der Waals surface area (Å²) in [6.45, 7) is 3.70. The maximum Gasteiger partial charge on any atom is 0.323 e. The molecule has 3 rings (SSSR count). The van der Waals surface area contributed by atoms with Crippen LogP contribution in [0.25, 0.3) is 0 Å². The average molecular weight is 537 g/mol. The number of ether oxygens (including phenoxy) is 1. The van der Waals surface area contributed by atoms with Crippen LogP contribution in [0.5, 0.6) is 5.75 Å². The van der Waals surface area contributed by atoms with E-state index in [4.69, 9.17) is 4.74 Å². The smallest absolute Gasteiger partial charge is 0.323 e. The van der Waals surface area contributed by atoms with Crippen LogP contribution >= 0.6 is 0 Å². The summed E-state index contributed by atoms with van der Waals surface area (Å²) in [5, 5.41) is 15.0. The second-order valence-electron chi connectivity index (χ2n) is 9.34. The Morgan fingerprint density at radius 3 is 2.46 bits per heavy atom. The number of aliphatic hydroxyl groups is 1. The molecule has 0 radical (unpaired) electrons. The Balaban J connectivity index is 1.89. The maximum absolute atomic E-state index is 13.2. The molecule has 3 amide bonds. The molecule has 1 aliphatic heterocycles. The lowest BCUT2D eigenvalue weighted by Crippen LogP contribution is -2.48. The first-order valence-electron chi connectivity index (χ1n) is 11.8. The molecule has 0 saturated carbocycles. The molecule has 1 heterocycles. The number of halogens is 1. The predicted octanol–water partition coefficient (Wildman–Crippen LogP) is 2.51. The van der Waals surface area contributed by atoms with E-state index in [1.54, 1.807) is 30.0 Å². The number of urea groups is 1. The molecule has 2 aromatic rings. The van der Waals surface area contributed by atoms with Crippen molar-refractivity contribution in [3.8, 4) is 5.75 Å². The lowest BCUT2D eigenvalue weighted by Gasteiger charge is -2.33. The Kier molecular flexibility index (Phi) is 9.11. The molecule has 0 saturated heterocycles. The first-order valence-corrected chi connectivity index (χ1v) is 13.7. The van der Waals surface area contributed by atoms with Crippen molar-refractivity contribution in [2.45, 2.75) is 32.4 Å². The fourth-order valence-electron chi connectivity index (χ4n) is 3.94. The molecule has 12 heteroatoms. The van der Waals surface area contributed by atoms with Gasteiger partial charge in [-0.3, -0.25) is 4.79 Å². The number of hydrogen-bond acceptors (Lipinski definition) is 6. The van der Waals surface area contributed by atoms with E-state index in [2.05, 4.69) is 10.6 Å². The number of sulfonamides is 1. The van der Waals surface area contributed by atoms with E-state index in [9.17, 15) is 27.5 Å². The highest BCUT2D eigenvalue weighted by molar-refractivity contribution is 7.88. The summed E-state index contributed by atoms with van der Waals surface area (Å²) in [4.78, 5) is 27.3. The lowest BCUT2D eigenvalue weighted by molar-refractivity contribution is -0.134. The largest absolute Gasteiger partial charge is 0.488 e. The van der Waals surface area contributed by atoms with E-state index in [0.717, 1.165) is 6.26 Å². The predicted molar refractivity (Wildman–Crippen MR) is 139 cm³/mol. The van der Waals surface area contributed by atoms with Crippen molar-refractivity contribution in [3.05, 3.63) is 53.8 Å². The molecule has 37 heavy (non-hydrogen) atoms. The molecular formula is C25H33FN4O6S. The Morgan fingerprint density at radius 2 is 1.84 bits per heavy atom. The highest BCUT2D eigenvalue weighted by Gasteiger charge is 2.32. The molecule has 0 unspecified atom stereocenters. The minimum Gasteiger partial charge on any atom is -0.488 e. The molecule has 0 bridgehead atoms. The van der Waals surface area contributed by atoms with E-state index in [1.165, 1.54) is 35.6 Å². The number of carbonyl (C=O) groups is 2. The number of nitrogens with zero attached hydrogens (tertiary/aromatic N) is 2. The third kappa shape index (κ3) is 7.63. The van der Waals surface area contributed by atoms with Crippen molar-refractivity contribution in [1.29, 1.82) is 0 Å². The van der Waals surface area contributed by atoms with Crippen molar-refractivity contribution in [2.24, 2.45) is 5.92 Å². The van der Waals surface area contributed by atoms with Gasteiger partial charge >= 0.3 is 6.03 Å². The molecule has 0 aromatic heterocycles. The molecule has 3 N–H and O–H groups in total. The van der Waals surface area contributed by atoms with Crippen LogP contribution in [0.3, 0.4) is 0 Å². The van der Waals surface area contributed by atoms with Crippen LogP contribution in [0.15, 0.2) is 42.5 Å².